The van der Waals surface area contributed by atoms with Crippen molar-refractivity contribution >= 4 is 48.1 Å². The van der Waals surface area contributed by atoms with E-state index in [4.69, 9.17) is 5.11 Å². The number of aromatic carboxylic acids is 1. The highest BCUT2D eigenvalue weighted by atomic mass is 32.2. The number of thioether (sulfide) groups is 1. The largest absolute Gasteiger partial charge is 0.477 e. The van der Waals surface area contributed by atoms with E-state index in [0.717, 1.165) is 4.90 Å². The van der Waals surface area contributed by atoms with Gasteiger partial charge in [-0.25, -0.2) is 9.78 Å². The number of ether oxygens (including phenoxy) is 1. The number of carbonyl (C=O) groups is 3. The Balaban J connectivity index is 0.000000286. The third-order valence-corrected chi connectivity index (χ3v) is 3.36. The minimum absolute atomic E-state index is 0.0634. The first-order valence-corrected chi connectivity index (χ1v) is 6.94. The number of anilines is 1. The molecule has 1 aliphatic heterocycles. The maximum atomic E-state index is 11.0. The Labute approximate surface area is 124 Å². The Kier molecular flexibility index (Phi) is 6.32. The highest BCUT2D eigenvalue weighted by Crippen LogP contribution is 2.29. The Morgan fingerprint density at radius 2 is 2.25 bits per heavy atom. The summed E-state index contributed by atoms with van der Waals surface area (Å²) < 4.78 is 4.18. The molecule has 0 saturated heterocycles. The van der Waals surface area contributed by atoms with E-state index >= 15 is 0 Å². The van der Waals surface area contributed by atoms with Crippen LogP contribution in [0.2, 0.25) is 0 Å². The molecule has 1 amide bonds. The van der Waals surface area contributed by atoms with Crippen molar-refractivity contribution in [3.8, 4) is 0 Å². The van der Waals surface area contributed by atoms with E-state index in [1.165, 1.54) is 24.9 Å². The maximum Gasteiger partial charge on any atom is 0.354 e. The average molecular weight is 316 g/mol. The summed E-state index contributed by atoms with van der Waals surface area (Å²) in [7, 11) is 1.33. The van der Waals surface area contributed by atoms with Gasteiger partial charge in [0.1, 0.15) is 5.82 Å². The third-order valence-electron chi connectivity index (χ3n) is 2.05. The summed E-state index contributed by atoms with van der Waals surface area (Å²) in [5.41, 5.74) is -0.0634. The van der Waals surface area contributed by atoms with Gasteiger partial charge in [-0.3, -0.25) is 9.59 Å². The van der Waals surface area contributed by atoms with Gasteiger partial charge in [-0.1, -0.05) is 0 Å². The highest BCUT2D eigenvalue weighted by molar-refractivity contribution is 8.00. The van der Waals surface area contributed by atoms with Crippen molar-refractivity contribution in [1.29, 1.82) is 0 Å². The van der Waals surface area contributed by atoms with Crippen molar-refractivity contribution in [3.05, 3.63) is 17.8 Å². The fraction of sp³-hybridized carbons (Fsp3) is 0.273. The number of hydrogen-bond donors (Lipinski definition) is 3. The molecule has 0 atom stereocenters. The van der Waals surface area contributed by atoms with Crippen LogP contribution in [0.5, 0.6) is 0 Å². The molecule has 0 aromatic carbocycles. The van der Waals surface area contributed by atoms with Crippen LogP contribution in [0.3, 0.4) is 0 Å². The number of carboxylic acids is 1. The summed E-state index contributed by atoms with van der Waals surface area (Å²) >= 11 is 4.97. The monoisotopic (exact) mass is 316 g/mol. The third kappa shape index (κ3) is 4.74. The summed E-state index contributed by atoms with van der Waals surface area (Å²) in [5.74, 6) is -0.697. The lowest BCUT2D eigenvalue weighted by Gasteiger charge is -2.14. The zero-order chi connectivity index (χ0) is 15.1. The van der Waals surface area contributed by atoms with Gasteiger partial charge >= 0.3 is 11.9 Å². The fourth-order valence-electron chi connectivity index (χ4n) is 1.15. The van der Waals surface area contributed by atoms with Gasteiger partial charge in [0, 0.05) is 0 Å². The van der Waals surface area contributed by atoms with Crippen LogP contribution in [0.15, 0.2) is 17.0 Å². The summed E-state index contributed by atoms with van der Waals surface area (Å²) in [5, 5.41) is 11.2. The van der Waals surface area contributed by atoms with Gasteiger partial charge < -0.3 is 15.2 Å². The topological polar surface area (TPSA) is 106 Å². The van der Waals surface area contributed by atoms with E-state index in [9.17, 15) is 14.4 Å². The van der Waals surface area contributed by atoms with E-state index in [0.29, 0.717) is 11.6 Å². The minimum Gasteiger partial charge on any atom is -0.477 e. The Bertz CT molecular complexity index is 530. The summed E-state index contributed by atoms with van der Waals surface area (Å²) in [4.78, 5) is 36.1. The number of esters is 1. The second-order valence-corrected chi connectivity index (χ2v) is 4.75. The van der Waals surface area contributed by atoms with Gasteiger partial charge in [-0.15, -0.1) is 11.8 Å². The molecule has 2 heterocycles. The second kappa shape index (κ2) is 7.75. The van der Waals surface area contributed by atoms with Crippen LogP contribution >= 0.6 is 24.4 Å². The van der Waals surface area contributed by atoms with Gasteiger partial charge in [0.25, 0.3) is 0 Å². The predicted molar refractivity (Wildman–Crippen MR) is 76.4 cm³/mol. The van der Waals surface area contributed by atoms with Crippen LogP contribution in [0, 0.1) is 0 Å². The van der Waals surface area contributed by atoms with Crippen molar-refractivity contribution in [3.63, 3.8) is 0 Å². The molecular formula is C11H12N2O5S2. The Morgan fingerprint density at radius 3 is 2.75 bits per heavy atom. The molecule has 108 valence electrons. The highest BCUT2D eigenvalue weighted by Gasteiger charge is 2.18. The molecule has 0 aliphatic carbocycles. The number of methoxy groups -OCH3 is 1. The number of carboxylic acid groups (broad SMARTS) is 1. The molecule has 0 saturated carbocycles. The molecule has 0 bridgehead atoms. The minimum atomic E-state index is -1.10. The Morgan fingerprint density at radius 1 is 1.55 bits per heavy atom. The van der Waals surface area contributed by atoms with Crippen LogP contribution < -0.4 is 5.32 Å². The summed E-state index contributed by atoms with van der Waals surface area (Å²) in [6.45, 7) is 0. The first-order valence-electron chi connectivity index (χ1n) is 5.32. The number of thiol groups is 1. The van der Waals surface area contributed by atoms with Gasteiger partial charge in [0.15, 0.2) is 5.69 Å². The lowest BCUT2D eigenvalue weighted by Crippen LogP contribution is -2.20. The standard InChI is InChI=1S/C8H6N2O3S.C3H6O2S/c11-6-3-14-5-2-1-4(8(12)13)9-7(5)10-6;1-5-3(4)2-6/h1-2H,3H2,(H,12,13)(H,9,10,11);6H,2H2,1H3. The maximum absolute atomic E-state index is 11.0. The smallest absolute Gasteiger partial charge is 0.354 e. The molecule has 0 spiro atoms. The summed E-state index contributed by atoms with van der Waals surface area (Å²) in [6, 6.07) is 3.07. The van der Waals surface area contributed by atoms with Gasteiger partial charge in [-0.05, 0) is 12.1 Å². The first kappa shape index (κ1) is 16.3. The molecule has 1 aromatic rings. The van der Waals surface area contributed by atoms with Crippen LogP contribution in [-0.2, 0) is 14.3 Å². The van der Waals surface area contributed by atoms with E-state index in [1.807, 2.05) is 0 Å². The molecule has 0 fully saturated rings. The van der Waals surface area contributed by atoms with Crippen LogP contribution in [0.1, 0.15) is 10.5 Å². The average Bonchev–Trinajstić information content (AvgIpc) is 2.46. The number of nitrogens with one attached hydrogen (secondary N) is 1. The number of fused-ring (bicyclic) bond motifs is 1. The van der Waals surface area contributed by atoms with E-state index < -0.39 is 5.97 Å². The fourth-order valence-corrected chi connectivity index (χ4v) is 2.03. The molecule has 7 nitrogen and oxygen atoms in total. The molecule has 1 aromatic heterocycles. The van der Waals surface area contributed by atoms with Crippen molar-refractivity contribution in [2.75, 3.05) is 23.9 Å². The number of hydrogen-bond acceptors (Lipinski definition) is 7. The summed E-state index contributed by atoms with van der Waals surface area (Å²) in [6.07, 6.45) is 0. The quantitative estimate of drug-likeness (QED) is 0.550. The number of aromatic nitrogens is 1. The molecule has 2 N–H and O–H groups in total. The first-order chi connectivity index (χ1) is 9.47. The van der Waals surface area contributed by atoms with Gasteiger partial charge in [-0.2, -0.15) is 12.6 Å². The number of pyridine rings is 1. The van der Waals surface area contributed by atoms with Crippen LogP contribution in [0.25, 0.3) is 0 Å². The molecular weight excluding hydrogens is 304 g/mol. The number of nitrogens with zero attached hydrogens (tertiary/aromatic N) is 1. The van der Waals surface area contributed by atoms with Crippen molar-refractivity contribution in [2.24, 2.45) is 0 Å². The predicted octanol–water partition coefficient (Wildman–Crippen LogP) is 0.913. The lowest BCUT2D eigenvalue weighted by atomic mass is 10.3. The molecule has 0 radical (unpaired) electrons. The van der Waals surface area contributed by atoms with Crippen molar-refractivity contribution in [2.45, 2.75) is 4.90 Å². The van der Waals surface area contributed by atoms with E-state index in [1.54, 1.807) is 6.07 Å². The van der Waals surface area contributed by atoms with Gasteiger partial charge in [0.2, 0.25) is 5.91 Å². The lowest BCUT2D eigenvalue weighted by molar-refractivity contribution is -0.137. The van der Waals surface area contributed by atoms with Gasteiger partial charge in [0.05, 0.1) is 23.5 Å². The zero-order valence-electron chi connectivity index (χ0n) is 10.5. The van der Waals surface area contributed by atoms with Crippen LogP contribution in [-0.4, -0.2) is 46.6 Å². The molecule has 9 heteroatoms. The molecule has 2 rings (SSSR count). The number of carbonyl (C=O) groups excluding carboxylic acids is 2. The zero-order valence-corrected chi connectivity index (χ0v) is 12.2. The second-order valence-electron chi connectivity index (χ2n) is 3.42. The molecule has 20 heavy (non-hydrogen) atoms. The van der Waals surface area contributed by atoms with Crippen LogP contribution in [0.4, 0.5) is 5.82 Å². The van der Waals surface area contributed by atoms with Crippen molar-refractivity contribution in [1.82, 2.24) is 4.98 Å². The normalized spacial score (nSPS) is 12.4. The number of rotatable bonds is 2. The SMILES string of the molecule is COC(=O)CS.O=C1CSc2ccc(C(=O)O)nc2N1. The molecule has 0 unspecified atom stereocenters. The van der Waals surface area contributed by atoms with Crippen molar-refractivity contribution < 1.29 is 24.2 Å². The number of amides is 1. The van der Waals surface area contributed by atoms with E-state index in [2.05, 4.69) is 27.7 Å². The van der Waals surface area contributed by atoms with E-state index in [-0.39, 0.29) is 23.3 Å². The Hall–Kier alpha value is -1.74. The molecule has 1 aliphatic rings.